The highest BCUT2D eigenvalue weighted by molar-refractivity contribution is 9.10. The molecule has 1 aromatic carbocycles. The second-order valence-electron chi connectivity index (χ2n) is 6.13. The summed E-state index contributed by atoms with van der Waals surface area (Å²) in [6.07, 6.45) is 6.44. The maximum absolute atomic E-state index is 12.6. The van der Waals surface area contributed by atoms with Gasteiger partial charge in [0.15, 0.2) is 0 Å². The maximum Gasteiger partial charge on any atom is 0.234 e. The lowest BCUT2D eigenvalue weighted by Crippen LogP contribution is -2.49. The highest BCUT2D eigenvalue weighted by Gasteiger charge is 2.44. The lowest BCUT2D eigenvalue weighted by molar-refractivity contribution is -0.134. The molecule has 21 heavy (non-hydrogen) atoms. The Labute approximate surface area is 137 Å². The number of hydrogen-bond donors (Lipinski definition) is 0. The molecule has 2 aliphatic rings. The van der Waals surface area contributed by atoms with E-state index in [1.165, 1.54) is 11.3 Å². The van der Waals surface area contributed by atoms with Crippen LogP contribution in [0.3, 0.4) is 0 Å². The van der Waals surface area contributed by atoms with Crippen LogP contribution in [0.2, 0.25) is 5.02 Å². The largest absolute Gasteiger partial charge is 0.274 e. The second-order valence-corrected chi connectivity index (χ2v) is 7.42. The van der Waals surface area contributed by atoms with E-state index in [-0.39, 0.29) is 17.2 Å². The molecule has 0 bridgehead atoms. The monoisotopic (exact) mass is 369 g/mol. The molecule has 0 atom stereocenters. The zero-order valence-corrected chi connectivity index (χ0v) is 14.0. The number of rotatable bonds is 1. The number of carbonyl (C=O) groups excluding carboxylic acids is 2. The number of nitrogens with zero attached hydrogens (tertiary/aromatic N) is 1. The molecule has 0 N–H and O–H groups in total. The van der Waals surface area contributed by atoms with E-state index < -0.39 is 0 Å². The number of anilines is 1. The Balaban J connectivity index is 1.88. The zero-order chi connectivity index (χ0) is 15.0. The molecule has 1 aromatic rings. The quantitative estimate of drug-likeness (QED) is 0.672. The van der Waals surface area contributed by atoms with E-state index in [9.17, 15) is 9.59 Å². The number of hydrogen-bond acceptors (Lipinski definition) is 2. The second kappa shape index (κ2) is 5.73. The average Bonchev–Trinajstić information content (AvgIpc) is 2.41. The molecule has 1 saturated carbocycles. The number of imide groups is 1. The Kier molecular flexibility index (Phi) is 4.10. The van der Waals surface area contributed by atoms with Crippen LogP contribution in [0.25, 0.3) is 0 Å². The smallest absolute Gasteiger partial charge is 0.234 e. The van der Waals surface area contributed by atoms with Gasteiger partial charge in [-0.3, -0.25) is 9.59 Å². The summed E-state index contributed by atoms with van der Waals surface area (Å²) >= 11 is 9.32. The highest BCUT2D eigenvalue weighted by Crippen LogP contribution is 2.46. The number of amides is 2. The number of piperidine rings is 1. The van der Waals surface area contributed by atoms with E-state index in [0.717, 1.165) is 25.7 Å². The van der Waals surface area contributed by atoms with Crippen molar-refractivity contribution in [1.29, 1.82) is 0 Å². The molecule has 5 heteroatoms. The molecule has 1 heterocycles. The van der Waals surface area contributed by atoms with Crippen LogP contribution in [0.4, 0.5) is 5.69 Å². The molecule has 2 amide bonds. The van der Waals surface area contributed by atoms with Gasteiger partial charge in [0.2, 0.25) is 11.8 Å². The Bertz CT molecular complexity index is 576. The van der Waals surface area contributed by atoms with E-state index in [4.69, 9.17) is 11.6 Å². The van der Waals surface area contributed by atoms with Crippen LogP contribution in [0.5, 0.6) is 0 Å². The third-order valence-corrected chi connectivity index (χ3v) is 5.49. The van der Waals surface area contributed by atoms with Crippen molar-refractivity contribution in [2.75, 3.05) is 4.90 Å². The summed E-state index contributed by atoms with van der Waals surface area (Å²) in [5.74, 6) is -0.174. The van der Waals surface area contributed by atoms with Crippen LogP contribution in [-0.2, 0) is 9.59 Å². The minimum Gasteiger partial charge on any atom is -0.274 e. The molecular weight excluding hydrogens is 354 g/mol. The Morgan fingerprint density at radius 1 is 1.05 bits per heavy atom. The third-order valence-electron chi connectivity index (χ3n) is 4.62. The minimum absolute atomic E-state index is 0.0815. The van der Waals surface area contributed by atoms with Crippen molar-refractivity contribution in [3.63, 3.8) is 0 Å². The van der Waals surface area contributed by atoms with Crippen LogP contribution < -0.4 is 4.90 Å². The van der Waals surface area contributed by atoms with E-state index in [1.54, 1.807) is 18.2 Å². The van der Waals surface area contributed by atoms with Crippen molar-refractivity contribution in [3.05, 3.63) is 27.7 Å². The molecule has 1 aliphatic heterocycles. The van der Waals surface area contributed by atoms with E-state index in [2.05, 4.69) is 15.9 Å². The number of benzene rings is 1. The first-order valence-electron chi connectivity index (χ1n) is 7.32. The standard InChI is InChI=1S/C16H17BrClNO2/c17-12-8-11(18)4-5-13(12)19-14(20)9-16(10-15(19)21)6-2-1-3-7-16/h4-5,8H,1-3,6-7,9-10H2. The first-order chi connectivity index (χ1) is 10.0. The summed E-state index contributed by atoms with van der Waals surface area (Å²) in [4.78, 5) is 26.5. The Hall–Kier alpha value is -0.870. The summed E-state index contributed by atoms with van der Waals surface area (Å²) in [6.45, 7) is 0. The van der Waals surface area contributed by atoms with Gasteiger partial charge in [-0.25, -0.2) is 4.90 Å². The topological polar surface area (TPSA) is 37.4 Å². The molecule has 0 radical (unpaired) electrons. The zero-order valence-electron chi connectivity index (χ0n) is 11.7. The Morgan fingerprint density at radius 2 is 1.67 bits per heavy atom. The fraction of sp³-hybridized carbons (Fsp3) is 0.500. The van der Waals surface area contributed by atoms with Gasteiger partial charge in [-0.05, 0) is 52.4 Å². The molecular formula is C16H17BrClNO2. The van der Waals surface area contributed by atoms with Crippen LogP contribution in [-0.4, -0.2) is 11.8 Å². The van der Waals surface area contributed by atoms with Gasteiger partial charge in [-0.2, -0.15) is 0 Å². The normalized spacial score (nSPS) is 21.9. The minimum atomic E-state index is -0.0869. The van der Waals surface area contributed by atoms with E-state index in [1.807, 2.05) is 0 Å². The molecule has 112 valence electrons. The van der Waals surface area contributed by atoms with Gasteiger partial charge in [0.1, 0.15) is 0 Å². The SMILES string of the molecule is O=C1CC2(CCCCC2)CC(=O)N1c1ccc(Cl)cc1Br. The lowest BCUT2D eigenvalue weighted by atomic mass is 9.67. The van der Waals surface area contributed by atoms with Gasteiger partial charge < -0.3 is 0 Å². The summed E-state index contributed by atoms with van der Waals surface area (Å²) in [5.41, 5.74) is 0.516. The number of carbonyl (C=O) groups is 2. The van der Waals surface area contributed by atoms with Gasteiger partial charge in [-0.1, -0.05) is 30.9 Å². The van der Waals surface area contributed by atoms with Crippen molar-refractivity contribution >= 4 is 45.0 Å². The van der Waals surface area contributed by atoms with Crippen molar-refractivity contribution in [1.82, 2.24) is 0 Å². The molecule has 3 nitrogen and oxygen atoms in total. The molecule has 1 saturated heterocycles. The molecule has 3 rings (SSSR count). The van der Waals surface area contributed by atoms with Gasteiger partial charge in [0.05, 0.1) is 5.69 Å². The predicted octanol–water partition coefficient (Wildman–Crippen LogP) is 4.71. The third kappa shape index (κ3) is 2.88. The van der Waals surface area contributed by atoms with Crippen LogP contribution in [0.15, 0.2) is 22.7 Å². The molecule has 0 aromatic heterocycles. The van der Waals surface area contributed by atoms with Gasteiger partial charge in [0.25, 0.3) is 0 Å². The highest BCUT2D eigenvalue weighted by atomic mass is 79.9. The summed E-state index contributed by atoms with van der Waals surface area (Å²) < 4.78 is 0.677. The van der Waals surface area contributed by atoms with Gasteiger partial charge in [-0.15, -0.1) is 0 Å². The van der Waals surface area contributed by atoms with Crippen molar-refractivity contribution in [2.45, 2.75) is 44.9 Å². The molecule has 0 unspecified atom stereocenters. The fourth-order valence-electron chi connectivity index (χ4n) is 3.59. The summed E-state index contributed by atoms with van der Waals surface area (Å²) in [6, 6.07) is 5.14. The lowest BCUT2D eigenvalue weighted by Gasteiger charge is -2.42. The molecule has 2 fully saturated rings. The molecule has 1 aliphatic carbocycles. The van der Waals surface area contributed by atoms with Crippen LogP contribution in [0.1, 0.15) is 44.9 Å². The first-order valence-corrected chi connectivity index (χ1v) is 8.49. The van der Waals surface area contributed by atoms with Gasteiger partial charge >= 0.3 is 0 Å². The van der Waals surface area contributed by atoms with Crippen molar-refractivity contribution < 1.29 is 9.59 Å². The Morgan fingerprint density at radius 3 is 2.24 bits per heavy atom. The van der Waals surface area contributed by atoms with Crippen molar-refractivity contribution in [2.24, 2.45) is 5.41 Å². The summed E-state index contributed by atoms with van der Waals surface area (Å²) in [5, 5.41) is 0.575. The van der Waals surface area contributed by atoms with Crippen LogP contribution in [0, 0.1) is 5.41 Å². The molecule has 1 spiro atoms. The average molecular weight is 371 g/mol. The predicted molar refractivity (Wildman–Crippen MR) is 86.4 cm³/mol. The van der Waals surface area contributed by atoms with Gasteiger partial charge in [0, 0.05) is 22.3 Å². The van der Waals surface area contributed by atoms with Crippen LogP contribution >= 0.6 is 27.5 Å². The summed E-state index contributed by atoms with van der Waals surface area (Å²) in [7, 11) is 0. The fourth-order valence-corrected chi connectivity index (χ4v) is 4.45. The number of halogens is 2. The maximum atomic E-state index is 12.6. The first kappa shape index (κ1) is 15.0. The van der Waals surface area contributed by atoms with Crippen molar-refractivity contribution in [3.8, 4) is 0 Å². The van der Waals surface area contributed by atoms with E-state index >= 15 is 0 Å². The van der Waals surface area contributed by atoms with E-state index in [0.29, 0.717) is 28.0 Å².